The molecule has 1 aliphatic heterocycles. The molecule has 0 amide bonds. The number of anilines is 1. The molecule has 168 valence electrons. The van der Waals surface area contributed by atoms with E-state index in [1.54, 1.807) is 41.1 Å². The lowest BCUT2D eigenvalue weighted by Crippen LogP contribution is -2.36. The zero-order chi connectivity index (χ0) is 23.4. The Hall–Kier alpha value is -3.90. The molecular formula is C28H22N2O3S. The van der Waals surface area contributed by atoms with E-state index in [2.05, 4.69) is 0 Å². The summed E-state index contributed by atoms with van der Waals surface area (Å²) in [4.78, 5) is 14.5. The molecule has 1 aromatic heterocycles. The molecule has 0 aliphatic carbocycles. The third-order valence-electron chi connectivity index (χ3n) is 6.57. The van der Waals surface area contributed by atoms with Crippen molar-refractivity contribution in [1.29, 1.82) is 0 Å². The number of para-hydroxylation sites is 1. The van der Waals surface area contributed by atoms with Crippen molar-refractivity contribution in [3.8, 4) is 0 Å². The van der Waals surface area contributed by atoms with Crippen LogP contribution >= 0.6 is 0 Å². The number of benzene rings is 4. The van der Waals surface area contributed by atoms with E-state index in [0.717, 1.165) is 16.5 Å². The highest BCUT2D eigenvalue weighted by Crippen LogP contribution is 2.40. The van der Waals surface area contributed by atoms with Gasteiger partial charge in [0.1, 0.15) is 4.90 Å². The van der Waals surface area contributed by atoms with Crippen LogP contribution in [0.15, 0.2) is 112 Å². The summed E-state index contributed by atoms with van der Waals surface area (Å²) in [6.07, 6.45) is 0. The molecule has 2 heterocycles. The van der Waals surface area contributed by atoms with Crippen molar-refractivity contribution in [2.75, 3.05) is 11.6 Å². The Balaban J connectivity index is 1.82. The average molecular weight is 467 g/mol. The van der Waals surface area contributed by atoms with Crippen LogP contribution in [0.2, 0.25) is 0 Å². The minimum Gasteiger partial charge on any atom is -0.278 e. The van der Waals surface area contributed by atoms with E-state index in [-0.39, 0.29) is 21.3 Å². The molecule has 6 heteroatoms. The van der Waals surface area contributed by atoms with Gasteiger partial charge in [0.05, 0.1) is 21.7 Å². The molecule has 1 atom stereocenters. The van der Waals surface area contributed by atoms with Crippen molar-refractivity contribution in [3.63, 3.8) is 0 Å². The van der Waals surface area contributed by atoms with Crippen molar-refractivity contribution in [2.45, 2.75) is 22.6 Å². The molecule has 1 unspecified atom stereocenters. The van der Waals surface area contributed by atoms with Crippen LogP contribution in [0.3, 0.4) is 0 Å². The number of nitrogens with zero attached hydrogens (tertiary/aromatic N) is 2. The molecule has 0 saturated heterocycles. The van der Waals surface area contributed by atoms with Gasteiger partial charge in [-0.15, -0.1) is 0 Å². The van der Waals surface area contributed by atoms with Crippen LogP contribution in [0.25, 0.3) is 21.5 Å². The van der Waals surface area contributed by atoms with E-state index in [1.165, 1.54) is 0 Å². The first kappa shape index (κ1) is 20.7. The molecule has 0 radical (unpaired) electrons. The van der Waals surface area contributed by atoms with Crippen LogP contribution in [0.1, 0.15) is 18.5 Å². The van der Waals surface area contributed by atoms with Crippen LogP contribution in [0.4, 0.5) is 5.69 Å². The number of hydrogen-bond donors (Lipinski definition) is 0. The lowest BCUT2D eigenvalue weighted by molar-refractivity contribution is 0.593. The summed E-state index contributed by atoms with van der Waals surface area (Å²) in [5, 5.41) is 4.44. The van der Waals surface area contributed by atoms with Crippen molar-refractivity contribution in [3.05, 3.63) is 113 Å². The van der Waals surface area contributed by atoms with Crippen LogP contribution in [-0.4, -0.2) is 19.6 Å². The topological polar surface area (TPSA) is 59.4 Å². The summed E-state index contributed by atoms with van der Waals surface area (Å²) in [6, 6.07) is 29.4. The average Bonchev–Trinajstić information content (AvgIpc) is 3.22. The van der Waals surface area contributed by atoms with Gasteiger partial charge in [-0.1, -0.05) is 79.7 Å². The number of pyridine rings is 1. The Morgan fingerprint density at radius 3 is 2.15 bits per heavy atom. The maximum absolute atomic E-state index is 14.1. The minimum absolute atomic E-state index is 0.169. The van der Waals surface area contributed by atoms with Crippen molar-refractivity contribution < 1.29 is 8.42 Å². The highest BCUT2D eigenvalue weighted by molar-refractivity contribution is 7.91. The number of aromatic nitrogens is 1. The summed E-state index contributed by atoms with van der Waals surface area (Å²) >= 11 is 0. The van der Waals surface area contributed by atoms with Crippen molar-refractivity contribution >= 4 is 37.1 Å². The lowest BCUT2D eigenvalue weighted by atomic mass is 10.0. The van der Waals surface area contributed by atoms with Crippen LogP contribution < -0.4 is 10.6 Å². The molecule has 0 saturated carbocycles. The number of hydrogen-bond acceptors (Lipinski definition) is 4. The van der Waals surface area contributed by atoms with Crippen LogP contribution in [0, 0.1) is 0 Å². The highest BCUT2D eigenvalue weighted by Gasteiger charge is 2.37. The predicted molar refractivity (Wildman–Crippen MR) is 135 cm³/mol. The molecule has 5 nitrogen and oxygen atoms in total. The quantitative estimate of drug-likeness (QED) is 0.335. The van der Waals surface area contributed by atoms with Gasteiger partial charge in [-0.3, -0.25) is 9.80 Å². The van der Waals surface area contributed by atoms with Crippen molar-refractivity contribution in [1.82, 2.24) is 4.68 Å². The third kappa shape index (κ3) is 2.92. The van der Waals surface area contributed by atoms with Gasteiger partial charge in [-0.2, -0.15) is 0 Å². The SMILES string of the molecule is CC1CN(c2ccccc2)n2c1c(S(=O)(=O)c1ccccc1)c1ccc3ccccc3c1c2=O. The fourth-order valence-electron chi connectivity index (χ4n) is 5.06. The van der Waals surface area contributed by atoms with Crippen molar-refractivity contribution in [2.24, 2.45) is 0 Å². The fraction of sp³-hybridized carbons (Fsp3) is 0.107. The molecule has 0 bridgehead atoms. The van der Waals surface area contributed by atoms with Gasteiger partial charge in [-0.05, 0) is 35.0 Å². The summed E-state index contributed by atoms with van der Waals surface area (Å²) in [7, 11) is -3.90. The van der Waals surface area contributed by atoms with Gasteiger partial charge in [0.25, 0.3) is 5.56 Å². The first-order chi connectivity index (χ1) is 16.5. The number of fused-ring (bicyclic) bond motifs is 4. The lowest BCUT2D eigenvalue weighted by Gasteiger charge is -2.23. The van der Waals surface area contributed by atoms with Gasteiger partial charge in [0.2, 0.25) is 9.84 Å². The molecule has 34 heavy (non-hydrogen) atoms. The summed E-state index contributed by atoms with van der Waals surface area (Å²) < 4.78 is 29.8. The first-order valence-corrected chi connectivity index (χ1v) is 12.7. The second-order valence-corrected chi connectivity index (χ2v) is 10.6. The smallest absolute Gasteiger partial charge is 0.278 e. The molecule has 0 N–H and O–H groups in total. The van der Waals surface area contributed by atoms with E-state index in [1.807, 2.05) is 72.6 Å². The second kappa shape index (κ2) is 7.57. The second-order valence-electron chi connectivity index (χ2n) is 8.68. The molecule has 0 spiro atoms. The predicted octanol–water partition coefficient (Wildman–Crippen LogP) is 5.37. The van der Waals surface area contributed by atoms with Gasteiger partial charge >= 0.3 is 0 Å². The summed E-state index contributed by atoms with van der Waals surface area (Å²) in [5.74, 6) is -0.169. The van der Waals surface area contributed by atoms with E-state index >= 15 is 0 Å². The normalized spacial score (nSPS) is 15.7. The minimum atomic E-state index is -3.90. The molecule has 5 aromatic rings. The Bertz CT molecular complexity index is 1730. The highest BCUT2D eigenvalue weighted by atomic mass is 32.2. The maximum atomic E-state index is 14.1. The fourth-order valence-corrected chi connectivity index (χ4v) is 6.84. The number of rotatable bonds is 3. The monoisotopic (exact) mass is 466 g/mol. The van der Waals surface area contributed by atoms with E-state index in [4.69, 9.17) is 0 Å². The third-order valence-corrected chi connectivity index (χ3v) is 8.43. The summed E-state index contributed by atoms with van der Waals surface area (Å²) in [5.41, 5.74) is 1.17. The Kier molecular flexibility index (Phi) is 4.61. The molecular weight excluding hydrogens is 444 g/mol. The summed E-state index contributed by atoms with van der Waals surface area (Å²) in [6.45, 7) is 2.48. The number of sulfone groups is 1. The molecule has 6 rings (SSSR count). The largest absolute Gasteiger partial charge is 0.278 e. The van der Waals surface area contributed by atoms with Gasteiger partial charge in [0.15, 0.2) is 0 Å². The van der Waals surface area contributed by atoms with E-state index in [9.17, 15) is 13.2 Å². The Morgan fingerprint density at radius 1 is 0.765 bits per heavy atom. The molecule has 4 aromatic carbocycles. The molecule has 0 fully saturated rings. The van der Waals surface area contributed by atoms with Gasteiger partial charge in [-0.25, -0.2) is 13.1 Å². The Morgan fingerprint density at radius 2 is 1.41 bits per heavy atom. The maximum Gasteiger partial charge on any atom is 0.278 e. The Labute approximate surface area is 197 Å². The van der Waals surface area contributed by atoms with E-state index < -0.39 is 9.84 Å². The van der Waals surface area contributed by atoms with Crippen LogP contribution in [-0.2, 0) is 9.84 Å². The van der Waals surface area contributed by atoms with Crippen LogP contribution in [0.5, 0.6) is 0 Å². The first-order valence-electron chi connectivity index (χ1n) is 11.2. The van der Waals surface area contributed by atoms with E-state index in [0.29, 0.717) is 23.0 Å². The zero-order valence-corrected chi connectivity index (χ0v) is 19.4. The molecule has 1 aliphatic rings. The standard InChI is InChI=1S/C28H22N2O3S/c1-19-18-29(21-11-4-2-5-12-21)30-26(19)27(34(32,33)22-13-6-3-7-14-22)24-17-16-20-10-8-9-15-23(20)25(24)28(30)31/h2-17,19H,18H2,1H3. The van der Waals surface area contributed by atoms with Gasteiger partial charge < -0.3 is 0 Å². The zero-order valence-electron chi connectivity index (χ0n) is 18.5. The van der Waals surface area contributed by atoms with Gasteiger partial charge in [0, 0.05) is 17.8 Å².